The van der Waals surface area contributed by atoms with Gasteiger partial charge in [-0.2, -0.15) is 4.57 Å². The highest BCUT2D eigenvalue weighted by Gasteiger charge is 2.29. The summed E-state index contributed by atoms with van der Waals surface area (Å²) in [6.07, 6.45) is 0. The first kappa shape index (κ1) is 11.6. The zero-order valence-electron chi connectivity index (χ0n) is 9.11. The molecule has 0 saturated heterocycles. The van der Waals surface area contributed by atoms with E-state index >= 15 is 0 Å². The molecule has 0 radical (unpaired) electrons. The summed E-state index contributed by atoms with van der Waals surface area (Å²) in [7, 11) is 0. The maximum absolute atomic E-state index is 11.1. The molecular formula is C10H9N5O3. The van der Waals surface area contributed by atoms with Crippen LogP contribution in [-0.2, 0) is 0 Å². The summed E-state index contributed by atoms with van der Waals surface area (Å²) in [5.41, 5.74) is 10.8. The maximum atomic E-state index is 11.1. The van der Waals surface area contributed by atoms with Crippen molar-refractivity contribution in [2.45, 2.75) is 0 Å². The van der Waals surface area contributed by atoms with Crippen molar-refractivity contribution in [2.24, 2.45) is 5.73 Å². The first-order chi connectivity index (χ1) is 8.52. The highest BCUT2D eigenvalue weighted by molar-refractivity contribution is 5.96. The van der Waals surface area contributed by atoms with Crippen molar-refractivity contribution < 1.29 is 9.72 Å². The first-order valence-electron chi connectivity index (χ1n) is 4.90. The fourth-order valence-electron chi connectivity index (χ4n) is 1.56. The average molecular weight is 247 g/mol. The van der Waals surface area contributed by atoms with Crippen LogP contribution in [0.3, 0.4) is 0 Å². The van der Waals surface area contributed by atoms with Crippen molar-refractivity contribution in [3.05, 3.63) is 46.1 Å². The van der Waals surface area contributed by atoms with Crippen LogP contribution in [0, 0.1) is 10.1 Å². The van der Waals surface area contributed by atoms with Gasteiger partial charge in [-0.05, 0) is 17.1 Å². The summed E-state index contributed by atoms with van der Waals surface area (Å²) in [5, 5.41) is 10.9. The third kappa shape index (κ3) is 1.75. The molecule has 0 aliphatic rings. The number of anilines is 1. The summed E-state index contributed by atoms with van der Waals surface area (Å²) in [4.78, 5) is 24.8. The van der Waals surface area contributed by atoms with Gasteiger partial charge >= 0.3 is 5.95 Å². The number of rotatable bonds is 3. The second-order valence-electron chi connectivity index (χ2n) is 3.44. The third-order valence-corrected chi connectivity index (χ3v) is 2.31. The minimum Gasteiger partial charge on any atom is -0.390 e. The number of carbonyl (C=O) groups excluding carboxylic acids is 1. The van der Waals surface area contributed by atoms with Gasteiger partial charge in [-0.3, -0.25) is 4.79 Å². The number of hydrogen-bond donors (Lipinski definition) is 2. The number of nitrogens with two attached hydrogens (primary N) is 2. The summed E-state index contributed by atoms with van der Waals surface area (Å²) >= 11 is 0. The van der Waals surface area contributed by atoms with E-state index in [1.807, 2.05) is 0 Å². The molecular weight excluding hydrogens is 238 g/mol. The van der Waals surface area contributed by atoms with Gasteiger partial charge in [0.25, 0.3) is 11.6 Å². The zero-order valence-corrected chi connectivity index (χ0v) is 9.11. The standard InChI is InChI=1S/C10H9N5O3/c11-8-7(9(12)16)13-10(15(17)18)14(8)6-4-2-1-3-5-6/h1-5H,11H2,(H2,12,16). The van der Waals surface area contributed by atoms with Crippen molar-refractivity contribution in [3.8, 4) is 5.69 Å². The van der Waals surface area contributed by atoms with Crippen molar-refractivity contribution in [1.29, 1.82) is 0 Å². The largest absolute Gasteiger partial charge is 0.442 e. The van der Waals surface area contributed by atoms with Gasteiger partial charge in [0.15, 0.2) is 0 Å². The Morgan fingerprint density at radius 3 is 2.44 bits per heavy atom. The molecule has 0 aliphatic carbocycles. The molecule has 4 N–H and O–H groups in total. The van der Waals surface area contributed by atoms with E-state index in [0.29, 0.717) is 5.69 Å². The molecule has 0 aliphatic heterocycles. The topological polar surface area (TPSA) is 130 Å². The zero-order chi connectivity index (χ0) is 13.3. The Morgan fingerprint density at radius 2 is 1.94 bits per heavy atom. The molecule has 0 fully saturated rings. The highest BCUT2D eigenvalue weighted by Crippen LogP contribution is 2.25. The van der Waals surface area contributed by atoms with E-state index in [1.54, 1.807) is 30.3 Å². The maximum Gasteiger partial charge on any atom is 0.442 e. The number of amides is 1. The van der Waals surface area contributed by atoms with Crippen LogP contribution in [0.2, 0.25) is 0 Å². The second kappa shape index (κ2) is 4.17. The Bertz CT molecular complexity index is 620. The number of para-hydroxylation sites is 1. The normalized spacial score (nSPS) is 10.2. The van der Waals surface area contributed by atoms with E-state index in [0.717, 1.165) is 4.57 Å². The number of nitrogen functional groups attached to an aromatic ring is 1. The molecule has 92 valence electrons. The van der Waals surface area contributed by atoms with Gasteiger partial charge in [0, 0.05) is 0 Å². The fraction of sp³-hybridized carbons (Fsp3) is 0. The molecule has 1 heterocycles. The highest BCUT2D eigenvalue weighted by atomic mass is 16.6. The lowest BCUT2D eigenvalue weighted by Gasteiger charge is -2.02. The second-order valence-corrected chi connectivity index (χ2v) is 3.44. The Hall–Kier alpha value is -2.90. The predicted molar refractivity (Wildman–Crippen MR) is 63.1 cm³/mol. The van der Waals surface area contributed by atoms with Crippen LogP contribution < -0.4 is 11.5 Å². The smallest absolute Gasteiger partial charge is 0.390 e. The molecule has 2 rings (SSSR count). The van der Waals surface area contributed by atoms with Crippen molar-refractivity contribution in [1.82, 2.24) is 9.55 Å². The van der Waals surface area contributed by atoms with Gasteiger partial charge in [0.05, 0.1) is 0 Å². The molecule has 0 bridgehead atoms. The van der Waals surface area contributed by atoms with Crippen LogP contribution in [0.5, 0.6) is 0 Å². The molecule has 0 spiro atoms. The van der Waals surface area contributed by atoms with Crippen LogP contribution in [0.25, 0.3) is 5.69 Å². The van der Waals surface area contributed by atoms with Crippen molar-refractivity contribution >= 4 is 17.7 Å². The lowest BCUT2D eigenvalue weighted by Crippen LogP contribution is -2.14. The Morgan fingerprint density at radius 1 is 1.33 bits per heavy atom. The molecule has 1 aromatic heterocycles. The van der Waals surface area contributed by atoms with Gasteiger partial charge in [-0.1, -0.05) is 23.2 Å². The van der Waals surface area contributed by atoms with Crippen LogP contribution >= 0.6 is 0 Å². The van der Waals surface area contributed by atoms with Crippen LogP contribution in [0.1, 0.15) is 10.5 Å². The number of nitrogens with zero attached hydrogens (tertiary/aromatic N) is 3. The van der Waals surface area contributed by atoms with E-state index in [1.165, 1.54) is 0 Å². The fourth-order valence-corrected chi connectivity index (χ4v) is 1.56. The van der Waals surface area contributed by atoms with Gasteiger partial charge in [-0.25, -0.2) is 0 Å². The number of hydrogen-bond acceptors (Lipinski definition) is 5. The first-order valence-corrected chi connectivity index (χ1v) is 4.90. The monoisotopic (exact) mass is 247 g/mol. The van der Waals surface area contributed by atoms with Crippen LogP contribution in [0.4, 0.5) is 11.8 Å². The number of benzene rings is 1. The molecule has 0 atom stereocenters. The van der Waals surface area contributed by atoms with E-state index in [4.69, 9.17) is 11.5 Å². The molecule has 1 amide bonds. The molecule has 8 heteroatoms. The molecule has 8 nitrogen and oxygen atoms in total. The van der Waals surface area contributed by atoms with E-state index < -0.39 is 16.8 Å². The molecule has 1 aromatic carbocycles. The Balaban J connectivity index is 2.73. The average Bonchev–Trinajstić information content (AvgIpc) is 2.68. The molecule has 2 aromatic rings. The SMILES string of the molecule is NC(=O)c1nc([N+](=O)[O-])n(-c2ccccc2)c1N. The quantitative estimate of drug-likeness (QED) is 0.601. The number of nitro groups is 1. The molecule has 18 heavy (non-hydrogen) atoms. The van der Waals surface area contributed by atoms with Crippen molar-refractivity contribution in [3.63, 3.8) is 0 Å². The number of primary amides is 1. The third-order valence-electron chi connectivity index (χ3n) is 2.31. The Labute approximate surface area is 101 Å². The van der Waals surface area contributed by atoms with Gasteiger partial charge in [0.1, 0.15) is 5.69 Å². The lowest BCUT2D eigenvalue weighted by molar-refractivity contribution is -0.395. The van der Waals surface area contributed by atoms with Gasteiger partial charge in [0.2, 0.25) is 5.82 Å². The van der Waals surface area contributed by atoms with Gasteiger partial charge < -0.3 is 21.6 Å². The minimum absolute atomic E-state index is 0.152. The lowest BCUT2D eigenvalue weighted by atomic mass is 10.3. The summed E-state index contributed by atoms with van der Waals surface area (Å²) in [6, 6.07) is 8.33. The molecule has 0 unspecified atom stereocenters. The van der Waals surface area contributed by atoms with E-state index in [9.17, 15) is 14.9 Å². The number of aromatic nitrogens is 2. The van der Waals surface area contributed by atoms with Crippen LogP contribution in [-0.4, -0.2) is 20.4 Å². The summed E-state index contributed by atoms with van der Waals surface area (Å²) in [5.74, 6) is -1.61. The minimum atomic E-state index is -0.912. The number of imidazole rings is 1. The van der Waals surface area contributed by atoms with Gasteiger partial charge in [-0.15, -0.1) is 0 Å². The van der Waals surface area contributed by atoms with Crippen molar-refractivity contribution in [2.75, 3.05) is 5.73 Å². The van der Waals surface area contributed by atoms with E-state index in [-0.39, 0.29) is 11.5 Å². The number of carbonyl (C=O) groups is 1. The Kier molecular flexibility index (Phi) is 2.68. The predicted octanol–water partition coefficient (Wildman–Crippen LogP) is 0.462. The summed E-state index contributed by atoms with van der Waals surface area (Å²) < 4.78 is 1.07. The molecule has 0 saturated carbocycles. The van der Waals surface area contributed by atoms with Crippen LogP contribution in [0.15, 0.2) is 30.3 Å². The van der Waals surface area contributed by atoms with E-state index in [2.05, 4.69) is 4.98 Å². The summed E-state index contributed by atoms with van der Waals surface area (Å²) in [6.45, 7) is 0.